The second-order valence-electron chi connectivity index (χ2n) is 7.42. The Morgan fingerprint density at radius 2 is 1.69 bits per heavy atom. The normalized spacial score (nSPS) is 17.9. The SMILES string of the molecule is O=C(NCC1CCN(Cc2ccccc2)CC1)N1CCc2ccccc21. The maximum Gasteiger partial charge on any atom is 0.321 e. The number of urea groups is 1. The lowest BCUT2D eigenvalue weighted by atomic mass is 9.96. The summed E-state index contributed by atoms with van der Waals surface area (Å²) in [5.41, 5.74) is 3.73. The summed E-state index contributed by atoms with van der Waals surface area (Å²) in [6.45, 7) is 4.84. The number of carbonyl (C=O) groups is 1. The van der Waals surface area contributed by atoms with Crippen LogP contribution in [0, 0.1) is 5.92 Å². The lowest BCUT2D eigenvalue weighted by molar-refractivity contribution is 0.175. The Morgan fingerprint density at radius 1 is 0.962 bits per heavy atom. The van der Waals surface area contributed by atoms with Gasteiger partial charge >= 0.3 is 6.03 Å². The number of piperidine rings is 1. The van der Waals surface area contributed by atoms with Crippen LogP contribution in [0.2, 0.25) is 0 Å². The average Bonchev–Trinajstić information content (AvgIpc) is 3.12. The molecular formula is C22H27N3O. The molecule has 2 amide bonds. The van der Waals surface area contributed by atoms with Gasteiger partial charge in [0.2, 0.25) is 0 Å². The van der Waals surface area contributed by atoms with Crippen LogP contribution < -0.4 is 10.2 Å². The number of nitrogens with zero attached hydrogens (tertiary/aromatic N) is 2. The number of fused-ring (bicyclic) bond motifs is 1. The van der Waals surface area contributed by atoms with Gasteiger partial charge in [0.05, 0.1) is 0 Å². The zero-order valence-corrected chi connectivity index (χ0v) is 15.2. The fourth-order valence-corrected chi connectivity index (χ4v) is 4.07. The molecule has 2 heterocycles. The van der Waals surface area contributed by atoms with Crippen LogP contribution in [0.1, 0.15) is 24.0 Å². The highest BCUT2D eigenvalue weighted by atomic mass is 16.2. The van der Waals surface area contributed by atoms with E-state index in [1.807, 2.05) is 23.1 Å². The number of likely N-dealkylation sites (tertiary alicyclic amines) is 1. The minimum absolute atomic E-state index is 0.0571. The van der Waals surface area contributed by atoms with Crippen molar-refractivity contribution in [1.29, 1.82) is 0 Å². The summed E-state index contributed by atoms with van der Waals surface area (Å²) >= 11 is 0. The van der Waals surface area contributed by atoms with Crippen LogP contribution in [-0.4, -0.2) is 37.1 Å². The van der Waals surface area contributed by atoms with Crippen molar-refractivity contribution in [3.05, 3.63) is 65.7 Å². The highest BCUT2D eigenvalue weighted by Crippen LogP contribution is 2.27. The standard InChI is InChI=1S/C22H27N3O/c26-22(25-15-12-20-8-4-5-9-21(20)25)23-16-18-10-13-24(14-11-18)17-19-6-2-1-3-7-19/h1-9,18H,10-17H2,(H,23,26). The minimum atomic E-state index is 0.0571. The number of rotatable bonds is 4. The van der Waals surface area contributed by atoms with E-state index in [4.69, 9.17) is 0 Å². The molecule has 1 N–H and O–H groups in total. The van der Waals surface area contributed by atoms with Crippen molar-refractivity contribution in [2.45, 2.75) is 25.8 Å². The lowest BCUT2D eigenvalue weighted by Gasteiger charge is -2.32. The Bertz CT molecular complexity index is 738. The van der Waals surface area contributed by atoms with Gasteiger partial charge in [-0.1, -0.05) is 48.5 Å². The third-order valence-electron chi connectivity index (χ3n) is 5.63. The Labute approximate surface area is 155 Å². The summed E-state index contributed by atoms with van der Waals surface area (Å²) in [4.78, 5) is 17.0. The van der Waals surface area contributed by atoms with Crippen LogP contribution in [0.25, 0.3) is 0 Å². The summed E-state index contributed by atoms with van der Waals surface area (Å²) in [5.74, 6) is 0.587. The number of hydrogen-bond acceptors (Lipinski definition) is 2. The van der Waals surface area contributed by atoms with Crippen LogP contribution in [-0.2, 0) is 13.0 Å². The predicted octanol–water partition coefficient (Wildman–Crippen LogP) is 3.67. The first kappa shape index (κ1) is 17.1. The number of hydrogen-bond donors (Lipinski definition) is 1. The van der Waals surface area contributed by atoms with E-state index in [0.717, 1.165) is 57.7 Å². The molecule has 0 unspecified atom stereocenters. The first-order valence-corrected chi connectivity index (χ1v) is 9.69. The Hall–Kier alpha value is -2.33. The number of nitrogens with one attached hydrogen (secondary N) is 1. The van der Waals surface area contributed by atoms with Gasteiger partial charge in [0.15, 0.2) is 0 Å². The molecule has 0 aliphatic carbocycles. The summed E-state index contributed by atoms with van der Waals surface area (Å²) in [6, 6.07) is 18.9. The van der Waals surface area contributed by atoms with E-state index in [1.54, 1.807) is 0 Å². The van der Waals surface area contributed by atoms with Crippen LogP contribution in [0.3, 0.4) is 0 Å². The first-order valence-electron chi connectivity index (χ1n) is 9.69. The van der Waals surface area contributed by atoms with Gasteiger partial charge in [-0.3, -0.25) is 9.80 Å². The van der Waals surface area contributed by atoms with Gasteiger partial charge in [0.25, 0.3) is 0 Å². The van der Waals surface area contributed by atoms with Crippen molar-refractivity contribution in [2.75, 3.05) is 31.1 Å². The van der Waals surface area contributed by atoms with Crippen molar-refractivity contribution < 1.29 is 4.79 Å². The van der Waals surface area contributed by atoms with E-state index in [1.165, 1.54) is 11.1 Å². The summed E-state index contributed by atoms with van der Waals surface area (Å²) in [7, 11) is 0. The number of carbonyl (C=O) groups excluding carboxylic acids is 1. The van der Waals surface area contributed by atoms with Gasteiger partial charge in [-0.15, -0.1) is 0 Å². The monoisotopic (exact) mass is 349 g/mol. The topological polar surface area (TPSA) is 35.6 Å². The van der Waals surface area contributed by atoms with Crippen molar-refractivity contribution >= 4 is 11.7 Å². The molecule has 26 heavy (non-hydrogen) atoms. The van der Waals surface area contributed by atoms with E-state index >= 15 is 0 Å². The fraction of sp³-hybridized carbons (Fsp3) is 0.409. The lowest BCUT2D eigenvalue weighted by Crippen LogP contribution is -2.43. The number of amides is 2. The molecule has 0 spiro atoms. The van der Waals surface area contributed by atoms with Gasteiger partial charge < -0.3 is 5.32 Å². The Kier molecular flexibility index (Phi) is 5.21. The van der Waals surface area contributed by atoms with Crippen molar-refractivity contribution in [2.24, 2.45) is 5.92 Å². The second-order valence-corrected chi connectivity index (χ2v) is 7.42. The summed E-state index contributed by atoms with van der Waals surface area (Å²) < 4.78 is 0. The molecule has 0 saturated carbocycles. The van der Waals surface area contributed by atoms with Gasteiger partial charge in [-0.05, 0) is 55.5 Å². The molecule has 2 aliphatic rings. The predicted molar refractivity (Wildman–Crippen MR) is 105 cm³/mol. The van der Waals surface area contributed by atoms with E-state index in [2.05, 4.69) is 46.6 Å². The van der Waals surface area contributed by atoms with Gasteiger partial charge in [0, 0.05) is 25.3 Å². The molecule has 1 saturated heterocycles. The van der Waals surface area contributed by atoms with Crippen LogP contribution in [0.15, 0.2) is 54.6 Å². The minimum Gasteiger partial charge on any atom is -0.337 e. The number of anilines is 1. The quantitative estimate of drug-likeness (QED) is 0.914. The molecule has 4 nitrogen and oxygen atoms in total. The number of para-hydroxylation sites is 1. The van der Waals surface area contributed by atoms with Crippen LogP contribution in [0.5, 0.6) is 0 Å². The fourth-order valence-electron chi connectivity index (χ4n) is 4.07. The molecule has 4 rings (SSSR count). The smallest absolute Gasteiger partial charge is 0.321 e. The van der Waals surface area contributed by atoms with Crippen molar-refractivity contribution in [3.63, 3.8) is 0 Å². The van der Waals surface area contributed by atoms with E-state index < -0.39 is 0 Å². The molecule has 0 radical (unpaired) electrons. The third kappa shape index (κ3) is 3.91. The van der Waals surface area contributed by atoms with E-state index in [0.29, 0.717) is 5.92 Å². The largest absolute Gasteiger partial charge is 0.337 e. The van der Waals surface area contributed by atoms with Gasteiger partial charge in [0.1, 0.15) is 0 Å². The molecule has 2 aromatic carbocycles. The molecule has 2 aliphatic heterocycles. The van der Waals surface area contributed by atoms with Crippen molar-refractivity contribution in [1.82, 2.24) is 10.2 Å². The Morgan fingerprint density at radius 3 is 2.50 bits per heavy atom. The summed E-state index contributed by atoms with van der Waals surface area (Å²) in [6.07, 6.45) is 3.27. The molecule has 136 valence electrons. The molecule has 2 aromatic rings. The molecular weight excluding hydrogens is 322 g/mol. The molecule has 0 aromatic heterocycles. The van der Waals surface area contributed by atoms with Crippen molar-refractivity contribution in [3.8, 4) is 0 Å². The highest BCUT2D eigenvalue weighted by molar-refractivity contribution is 5.94. The zero-order chi connectivity index (χ0) is 17.8. The van der Waals surface area contributed by atoms with Gasteiger partial charge in [-0.2, -0.15) is 0 Å². The molecule has 0 atom stereocenters. The van der Waals surface area contributed by atoms with Crippen LogP contribution in [0.4, 0.5) is 10.5 Å². The maximum absolute atomic E-state index is 12.6. The average molecular weight is 349 g/mol. The zero-order valence-electron chi connectivity index (χ0n) is 15.2. The summed E-state index contributed by atoms with van der Waals surface area (Å²) in [5, 5.41) is 3.17. The molecule has 4 heteroatoms. The van der Waals surface area contributed by atoms with Gasteiger partial charge in [-0.25, -0.2) is 4.79 Å². The molecule has 1 fully saturated rings. The van der Waals surface area contributed by atoms with Crippen LogP contribution >= 0.6 is 0 Å². The van der Waals surface area contributed by atoms with E-state index in [9.17, 15) is 4.79 Å². The van der Waals surface area contributed by atoms with E-state index in [-0.39, 0.29) is 6.03 Å². The molecule has 0 bridgehead atoms. The maximum atomic E-state index is 12.6. The highest BCUT2D eigenvalue weighted by Gasteiger charge is 2.25. The third-order valence-corrected chi connectivity index (χ3v) is 5.63. The Balaban J connectivity index is 1.22. The second kappa shape index (κ2) is 7.92. The first-order chi connectivity index (χ1) is 12.8. The number of benzene rings is 2.